The van der Waals surface area contributed by atoms with Crippen LogP contribution in [0.5, 0.6) is 0 Å². The predicted octanol–water partition coefficient (Wildman–Crippen LogP) is 3.44. The summed E-state index contributed by atoms with van der Waals surface area (Å²) in [7, 11) is 0. The highest BCUT2D eigenvalue weighted by atomic mass is 19.1. The Morgan fingerprint density at radius 2 is 1.95 bits per heavy atom. The molecule has 1 aromatic heterocycles. The zero-order valence-electron chi connectivity index (χ0n) is 12.0. The molecule has 0 bridgehead atoms. The van der Waals surface area contributed by atoms with Gasteiger partial charge in [0.05, 0.1) is 17.4 Å². The number of rotatable bonds is 4. The maximum Gasteiger partial charge on any atom is 0.123 e. The molecule has 0 aliphatic rings. The van der Waals surface area contributed by atoms with Crippen molar-refractivity contribution < 1.29 is 4.39 Å². The third-order valence-corrected chi connectivity index (χ3v) is 3.64. The van der Waals surface area contributed by atoms with Crippen LogP contribution in [-0.4, -0.2) is 15.8 Å². The Hall–Kier alpha value is -2.20. The Morgan fingerprint density at radius 1 is 1.19 bits per heavy atom. The van der Waals surface area contributed by atoms with Crippen molar-refractivity contribution in [1.82, 2.24) is 9.78 Å². The molecule has 3 aromatic rings. The van der Waals surface area contributed by atoms with Gasteiger partial charge >= 0.3 is 0 Å². The summed E-state index contributed by atoms with van der Waals surface area (Å²) in [5.41, 5.74) is 8.98. The number of fused-ring (bicyclic) bond motifs is 1. The first-order valence-corrected chi connectivity index (χ1v) is 7.12. The van der Waals surface area contributed by atoms with Crippen LogP contribution in [-0.2, 0) is 6.42 Å². The second-order valence-electron chi connectivity index (χ2n) is 5.40. The van der Waals surface area contributed by atoms with Crippen LogP contribution in [0.15, 0.2) is 48.7 Å². The van der Waals surface area contributed by atoms with Crippen LogP contribution in [0.2, 0.25) is 0 Å². The van der Waals surface area contributed by atoms with Crippen LogP contribution in [0.4, 0.5) is 4.39 Å². The van der Waals surface area contributed by atoms with E-state index in [1.165, 1.54) is 17.7 Å². The first-order chi connectivity index (χ1) is 10.1. The zero-order valence-corrected chi connectivity index (χ0v) is 12.0. The molecule has 21 heavy (non-hydrogen) atoms. The average molecular weight is 283 g/mol. The minimum absolute atomic E-state index is 0.187. The summed E-state index contributed by atoms with van der Waals surface area (Å²) in [4.78, 5) is 0. The Labute approximate surface area is 123 Å². The highest BCUT2D eigenvalue weighted by molar-refractivity contribution is 5.83. The van der Waals surface area contributed by atoms with E-state index in [1.54, 1.807) is 12.1 Å². The summed E-state index contributed by atoms with van der Waals surface area (Å²) >= 11 is 0. The highest BCUT2D eigenvalue weighted by Crippen LogP contribution is 2.23. The first kappa shape index (κ1) is 13.8. The van der Waals surface area contributed by atoms with Gasteiger partial charge in [0.15, 0.2) is 0 Å². The van der Waals surface area contributed by atoms with Crippen molar-refractivity contribution in [3.8, 4) is 5.69 Å². The first-order valence-electron chi connectivity index (χ1n) is 7.12. The second-order valence-corrected chi connectivity index (χ2v) is 5.40. The van der Waals surface area contributed by atoms with Gasteiger partial charge in [-0.2, -0.15) is 5.10 Å². The molecule has 0 amide bonds. The van der Waals surface area contributed by atoms with Crippen molar-refractivity contribution in [2.24, 2.45) is 5.73 Å². The van der Waals surface area contributed by atoms with E-state index in [9.17, 15) is 4.39 Å². The third kappa shape index (κ3) is 2.81. The van der Waals surface area contributed by atoms with Gasteiger partial charge in [-0.1, -0.05) is 12.1 Å². The molecule has 0 aliphatic carbocycles. The molecule has 3 nitrogen and oxygen atoms in total. The van der Waals surface area contributed by atoms with Gasteiger partial charge in [0.1, 0.15) is 5.82 Å². The maximum atomic E-state index is 13.0. The molecule has 108 valence electrons. The molecule has 4 heteroatoms. The molecule has 0 saturated carbocycles. The normalized spacial score (nSPS) is 12.7. The summed E-state index contributed by atoms with van der Waals surface area (Å²) < 4.78 is 14.9. The monoisotopic (exact) mass is 283 g/mol. The van der Waals surface area contributed by atoms with E-state index in [0.717, 1.165) is 29.4 Å². The van der Waals surface area contributed by atoms with Crippen LogP contribution in [0, 0.1) is 5.82 Å². The van der Waals surface area contributed by atoms with Gasteiger partial charge in [-0.3, -0.25) is 0 Å². The predicted molar refractivity (Wildman–Crippen MR) is 83.0 cm³/mol. The Morgan fingerprint density at radius 3 is 2.67 bits per heavy atom. The van der Waals surface area contributed by atoms with Crippen molar-refractivity contribution in [2.45, 2.75) is 25.8 Å². The lowest BCUT2D eigenvalue weighted by Gasteiger charge is -2.07. The number of hydrogen-bond acceptors (Lipinski definition) is 2. The van der Waals surface area contributed by atoms with E-state index >= 15 is 0 Å². The summed E-state index contributed by atoms with van der Waals surface area (Å²) in [6.07, 6.45) is 3.75. The van der Waals surface area contributed by atoms with Crippen LogP contribution in [0.3, 0.4) is 0 Å². The Balaban J connectivity index is 2.02. The smallest absolute Gasteiger partial charge is 0.123 e. The number of aromatic nitrogens is 2. The maximum absolute atomic E-state index is 13.0. The van der Waals surface area contributed by atoms with Crippen LogP contribution in [0.1, 0.15) is 18.9 Å². The van der Waals surface area contributed by atoms with E-state index in [2.05, 4.69) is 11.2 Å². The molecule has 0 spiro atoms. The molecular weight excluding hydrogens is 265 g/mol. The molecule has 2 aromatic carbocycles. The fourth-order valence-electron chi connectivity index (χ4n) is 2.50. The summed E-state index contributed by atoms with van der Waals surface area (Å²) in [6.45, 7) is 2.02. The number of nitrogens with two attached hydrogens (primary N) is 1. The van der Waals surface area contributed by atoms with Crippen LogP contribution in [0.25, 0.3) is 16.6 Å². The number of aryl methyl sites for hydroxylation is 1. The van der Waals surface area contributed by atoms with E-state index in [-0.39, 0.29) is 11.9 Å². The van der Waals surface area contributed by atoms with Gasteiger partial charge in [0.25, 0.3) is 0 Å². The number of benzene rings is 2. The molecule has 0 saturated heterocycles. The average Bonchev–Trinajstić information content (AvgIpc) is 2.90. The number of halogens is 1. The van der Waals surface area contributed by atoms with Crippen molar-refractivity contribution >= 4 is 10.9 Å². The van der Waals surface area contributed by atoms with Crippen LogP contribution >= 0.6 is 0 Å². The number of nitrogens with zero attached hydrogens (tertiary/aromatic N) is 2. The summed E-state index contributed by atoms with van der Waals surface area (Å²) in [5, 5.41) is 5.57. The molecule has 1 atom stereocenters. The lowest BCUT2D eigenvalue weighted by Crippen LogP contribution is -2.15. The van der Waals surface area contributed by atoms with Gasteiger partial charge < -0.3 is 5.73 Å². The van der Waals surface area contributed by atoms with Gasteiger partial charge in [0.2, 0.25) is 0 Å². The Kier molecular flexibility index (Phi) is 3.71. The quantitative estimate of drug-likeness (QED) is 0.797. The molecule has 2 N–H and O–H groups in total. The summed E-state index contributed by atoms with van der Waals surface area (Å²) in [5.74, 6) is -0.243. The topological polar surface area (TPSA) is 43.8 Å². The van der Waals surface area contributed by atoms with E-state index < -0.39 is 0 Å². The molecule has 3 rings (SSSR count). The minimum atomic E-state index is -0.243. The lowest BCUT2D eigenvalue weighted by atomic mass is 10.0. The molecule has 0 radical (unpaired) electrons. The fraction of sp³-hybridized carbons (Fsp3) is 0.235. The van der Waals surface area contributed by atoms with Crippen molar-refractivity contribution in [2.75, 3.05) is 0 Å². The second kappa shape index (κ2) is 5.66. The molecule has 0 fully saturated rings. The zero-order chi connectivity index (χ0) is 14.8. The fourth-order valence-corrected chi connectivity index (χ4v) is 2.50. The molecule has 1 heterocycles. The van der Waals surface area contributed by atoms with E-state index in [1.807, 2.05) is 29.9 Å². The molecule has 0 unspecified atom stereocenters. The van der Waals surface area contributed by atoms with Crippen molar-refractivity contribution in [3.63, 3.8) is 0 Å². The largest absolute Gasteiger partial charge is 0.328 e. The SMILES string of the molecule is C[C@H](N)CCc1cccc2c1cnn2-c1ccc(F)cc1. The van der Waals surface area contributed by atoms with Gasteiger partial charge in [-0.05, 0) is 55.7 Å². The van der Waals surface area contributed by atoms with Crippen molar-refractivity contribution in [1.29, 1.82) is 0 Å². The van der Waals surface area contributed by atoms with E-state index in [4.69, 9.17) is 5.73 Å². The summed E-state index contributed by atoms with van der Waals surface area (Å²) in [6, 6.07) is 12.7. The van der Waals surface area contributed by atoms with Gasteiger partial charge in [0, 0.05) is 11.4 Å². The van der Waals surface area contributed by atoms with Crippen LogP contribution < -0.4 is 5.73 Å². The lowest BCUT2D eigenvalue weighted by molar-refractivity contribution is 0.627. The van der Waals surface area contributed by atoms with Crippen molar-refractivity contribution in [3.05, 3.63) is 60.0 Å². The highest BCUT2D eigenvalue weighted by Gasteiger charge is 2.09. The van der Waals surface area contributed by atoms with Gasteiger partial charge in [-0.25, -0.2) is 9.07 Å². The molecular formula is C17H18FN3. The molecule has 0 aliphatic heterocycles. The number of hydrogen-bond donors (Lipinski definition) is 1. The van der Waals surface area contributed by atoms with E-state index in [0.29, 0.717) is 0 Å². The third-order valence-electron chi connectivity index (χ3n) is 3.64. The van der Waals surface area contributed by atoms with Gasteiger partial charge in [-0.15, -0.1) is 0 Å². The standard InChI is InChI=1S/C17H18FN3/c1-12(19)5-6-13-3-2-4-17-16(13)11-20-21(17)15-9-7-14(18)8-10-15/h2-4,7-12H,5-6,19H2,1H3/t12-/m0/s1. The minimum Gasteiger partial charge on any atom is -0.328 e. The Bertz CT molecular complexity index is 744.